The van der Waals surface area contributed by atoms with Gasteiger partial charge in [-0.1, -0.05) is 48.0 Å². The molecule has 3 rings (SSSR count). The van der Waals surface area contributed by atoms with Crippen molar-refractivity contribution in [1.82, 2.24) is 15.2 Å². The number of halogens is 1. The molecule has 0 spiro atoms. The Hall–Kier alpha value is -3.12. The standard InChI is InChI=1S/C18H16ClN5O/c1-13-16(17(19)23-24(13)15-10-6-3-7-11-15)12-20-22-18(25)21-14-8-4-2-5-9-14/h2-12H,1H3,(H2,21,22,25)/b20-12-. The maximum atomic E-state index is 11.8. The van der Waals surface area contributed by atoms with Crippen LogP contribution < -0.4 is 10.7 Å². The predicted molar refractivity (Wildman–Crippen MR) is 99.5 cm³/mol. The smallest absolute Gasteiger partial charge is 0.307 e. The van der Waals surface area contributed by atoms with Gasteiger partial charge in [0.05, 0.1) is 23.2 Å². The van der Waals surface area contributed by atoms with Crippen molar-refractivity contribution >= 4 is 29.5 Å². The number of amides is 2. The van der Waals surface area contributed by atoms with E-state index in [-0.39, 0.29) is 0 Å². The van der Waals surface area contributed by atoms with Crippen LogP contribution >= 0.6 is 11.6 Å². The zero-order valence-corrected chi connectivity index (χ0v) is 14.2. The summed E-state index contributed by atoms with van der Waals surface area (Å²) in [5.74, 6) is 0. The van der Waals surface area contributed by atoms with Crippen molar-refractivity contribution in [3.63, 3.8) is 0 Å². The van der Waals surface area contributed by atoms with Gasteiger partial charge in [-0.2, -0.15) is 10.2 Å². The van der Waals surface area contributed by atoms with Crippen LogP contribution in [0.1, 0.15) is 11.3 Å². The summed E-state index contributed by atoms with van der Waals surface area (Å²) in [7, 11) is 0. The van der Waals surface area contributed by atoms with Crippen molar-refractivity contribution in [2.45, 2.75) is 6.92 Å². The Morgan fingerprint density at radius 2 is 1.76 bits per heavy atom. The highest BCUT2D eigenvalue weighted by Gasteiger charge is 2.12. The largest absolute Gasteiger partial charge is 0.339 e. The highest BCUT2D eigenvalue weighted by Crippen LogP contribution is 2.20. The lowest BCUT2D eigenvalue weighted by Crippen LogP contribution is -2.24. The molecule has 0 unspecified atom stereocenters. The molecule has 3 aromatic rings. The Kier molecular flexibility index (Phi) is 5.11. The number of nitrogens with one attached hydrogen (secondary N) is 2. The maximum absolute atomic E-state index is 11.8. The zero-order valence-electron chi connectivity index (χ0n) is 13.5. The minimum atomic E-state index is -0.438. The summed E-state index contributed by atoms with van der Waals surface area (Å²) in [6, 6.07) is 18.3. The highest BCUT2D eigenvalue weighted by molar-refractivity contribution is 6.32. The van der Waals surface area contributed by atoms with Crippen LogP contribution in [0.3, 0.4) is 0 Å². The van der Waals surface area contributed by atoms with Crippen LogP contribution in [0.25, 0.3) is 5.69 Å². The number of para-hydroxylation sites is 2. The van der Waals surface area contributed by atoms with E-state index >= 15 is 0 Å². The summed E-state index contributed by atoms with van der Waals surface area (Å²) >= 11 is 6.19. The van der Waals surface area contributed by atoms with Gasteiger partial charge in [0.25, 0.3) is 0 Å². The van der Waals surface area contributed by atoms with Crippen molar-refractivity contribution in [3.05, 3.63) is 77.1 Å². The number of benzene rings is 2. The van der Waals surface area contributed by atoms with Crippen LogP contribution in [0, 0.1) is 6.92 Å². The highest BCUT2D eigenvalue weighted by atomic mass is 35.5. The molecule has 2 N–H and O–H groups in total. The Labute approximate surface area is 150 Å². The third-order valence-corrected chi connectivity index (χ3v) is 3.79. The van der Waals surface area contributed by atoms with Crippen LogP contribution in [-0.2, 0) is 0 Å². The number of carbonyl (C=O) groups excluding carboxylic acids is 1. The van der Waals surface area contributed by atoms with Gasteiger partial charge in [0.15, 0.2) is 5.15 Å². The van der Waals surface area contributed by atoms with E-state index in [4.69, 9.17) is 11.6 Å². The summed E-state index contributed by atoms with van der Waals surface area (Å²) in [5, 5.41) is 11.2. The van der Waals surface area contributed by atoms with Gasteiger partial charge >= 0.3 is 6.03 Å². The minimum Gasteiger partial charge on any atom is -0.307 e. The molecule has 25 heavy (non-hydrogen) atoms. The SMILES string of the molecule is Cc1c(/C=N\NC(=O)Nc2ccccc2)c(Cl)nn1-c1ccccc1. The normalized spacial score (nSPS) is 10.8. The molecule has 1 aromatic heterocycles. The van der Waals surface area contributed by atoms with Crippen molar-refractivity contribution in [2.24, 2.45) is 5.10 Å². The molecule has 0 bridgehead atoms. The molecule has 6 nitrogen and oxygen atoms in total. The van der Waals surface area contributed by atoms with Gasteiger partial charge in [-0.25, -0.2) is 14.9 Å². The Morgan fingerprint density at radius 1 is 1.12 bits per heavy atom. The van der Waals surface area contributed by atoms with E-state index in [0.29, 0.717) is 16.4 Å². The monoisotopic (exact) mass is 353 g/mol. The van der Waals surface area contributed by atoms with E-state index in [1.165, 1.54) is 6.21 Å². The van der Waals surface area contributed by atoms with Crippen molar-refractivity contribution in [3.8, 4) is 5.69 Å². The molecule has 0 aliphatic carbocycles. The quantitative estimate of drug-likeness (QED) is 0.550. The van der Waals surface area contributed by atoms with Gasteiger partial charge in [-0.3, -0.25) is 0 Å². The molecule has 2 aromatic carbocycles. The number of rotatable bonds is 4. The Morgan fingerprint density at radius 3 is 2.44 bits per heavy atom. The van der Waals surface area contributed by atoms with E-state index in [1.807, 2.05) is 55.5 Å². The van der Waals surface area contributed by atoms with Gasteiger partial charge < -0.3 is 5.32 Å². The lowest BCUT2D eigenvalue weighted by molar-refractivity contribution is 0.252. The molecule has 0 fully saturated rings. The average Bonchev–Trinajstić information content (AvgIpc) is 2.91. The number of urea groups is 1. The van der Waals surface area contributed by atoms with Crippen LogP contribution in [-0.4, -0.2) is 22.0 Å². The zero-order chi connectivity index (χ0) is 17.6. The second-order valence-corrected chi connectivity index (χ2v) is 5.59. The first-order chi connectivity index (χ1) is 12.1. The fourth-order valence-electron chi connectivity index (χ4n) is 2.28. The van der Waals surface area contributed by atoms with Gasteiger partial charge in [-0.15, -0.1) is 0 Å². The fraction of sp³-hybridized carbons (Fsp3) is 0.0556. The molecule has 0 aliphatic rings. The number of carbonyl (C=O) groups is 1. The summed E-state index contributed by atoms with van der Waals surface area (Å²) in [6.45, 7) is 1.89. The third-order valence-electron chi connectivity index (χ3n) is 3.51. The summed E-state index contributed by atoms with van der Waals surface area (Å²) in [5.41, 5.74) is 5.46. The molecule has 0 radical (unpaired) electrons. The molecule has 0 aliphatic heterocycles. The maximum Gasteiger partial charge on any atom is 0.339 e. The van der Waals surface area contributed by atoms with Crippen LogP contribution in [0.5, 0.6) is 0 Å². The molecule has 7 heteroatoms. The molecule has 0 saturated heterocycles. The van der Waals surface area contributed by atoms with Crippen LogP contribution in [0.4, 0.5) is 10.5 Å². The first kappa shape index (κ1) is 16.7. The molecule has 126 valence electrons. The topological polar surface area (TPSA) is 71.3 Å². The summed E-state index contributed by atoms with van der Waals surface area (Å²) in [4.78, 5) is 11.8. The molecule has 0 saturated carbocycles. The second kappa shape index (κ2) is 7.63. The van der Waals surface area contributed by atoms with E-state index in [0.717, 1.165) is 11.4 Å². The third kappa shape index (κ3) is 4.05. The first-order valence-electron chi connectivity index (χ1n) is 7.61. The lowest BCUT2D eigenvalue weighted by atomic mass is 10.2. The average molecular weight is 354 g/mol. The van der Waals surface area contributed by atoms with Crippen LogP contribution in [0.15, 0.2) is 65.8 Å². The minimum absolute atomic E-state index is 0.315. The Balaban J connectivity index is 1.70. The van der Waals surface area contributed by atoms with E-state index < -0.39 is 6.03 Å². The number of hydrogen-bond donors (Lipinski definition) is 2. The predicted octanol–water partition coefficient (Wildman–Crippen LogP) is 3.99. The Bertz CT molecular complexity index is 891. The van der Waals surface area contributed by atoms with Crippen molar-refractivity contribution in [1.29, 1.82) is 0 Å². The van der Waals surface area contributed by atoms with Crippen molar-refractivity contribution in [2.75, 3.05) is 5.32 Å². The first-order valence-corrected chi connectivity index (χ1v) is 7.98. The molecule has 2 amide bonds. The van der Waals surface area contributed by atoms with Gasteiger partial charge in [0.1, 0.15) is 0 Å². The van der Waals surface area contributed by atoms with E-state index in [9.17, 15) is 4.79 Å². The molecular formula is C18H16ClN5O. The number of aromatic nitrogens is 2. The number of nitrogens with zero attached hydrogens (tertiary/aromatic N) is 3. The van der Waals surface area contributed by atoms with E-state index in [1.54, 1.807) is 16.8 Å². The van der Waals surface area contributed by atoms with Gasteiger partial charge in [-0.05, 0) is 31.2 Å². The molecular weight excluding hydrogens is 338 g/mol. The number of hydrazone groups is 1. The van der Waals surface area contributed by atoms with Gasteiger partial charge in [0, 0.05) is 5.69 Å². The second-order valence-electron chi connectivity index (χ2n) is 5.23. The molecule has 0 atom stereocenters. The van der Waals surface area contributed by atoms with Crippen molar-refractivity contribution < 1.29 is 4.79 Å². The molecule has 1 heterocycles. The van der Waals surface area contributed by atoms with Crippen LogP contribution in [0.2, 0.25) is 5.15 Å². The summed E-state index contributed by atoms with van der Waals surface area (Å²) < 4.78 is 1.73. The number of hydrogen-bond acceptors (Lipinski definition) is 3. The number of anilines is 1. The van der Waals surface area contributed by atoms with E-state index in [2.05, 4.69) is 20.9 Å². The summed E-state index contributed by atoms with van der Waals surface area (Å²) in [6.07, 6.45) is 1.48. The fourth-order valence-corrected chi connectivity index (χ4v) is 2.54. The van der Waals surface area contributed by atoms with Gasteiger partial charge in [0.2, 0.25) is 0 Å². The lowest BCUT2D eigenvalue weighted by Gasteiger charge is -2.04.